The van der Waals surface area contributed by atoms with Crippen molar-refractivity contribution < 1.29 is 18.8 Å². The zero-order valence-electron chi connectivity index (χ0n) is 15.5. The molecule has 1 aromatic heterocycles. The molecule has 0 radical (unpaired) electrons. The number of nitrogens with zero attached hydrogens (tertiary/aromatic N) is 2. The average molecular weight is 483 g/mol. The van der Waals surface area contributed by atoms with Gasteiger partial charge in [-0.15, -0.1) is 11.3 Å². The first-order valence-corrected chi connectivity index (χ1v) is 10.6. The van der Waals surface area contributed by atoms with E-state index in [9.17, 15) is 18.8 Å². The topological polar surface area (TPSA) is 81.8 Å². The van der Waals surface area contributed by atoms with E-state index in [4.69, 9.17) is 0 Å². The summed E-state index contributed by atoms with van der Waals surface area (Å²) in [6.45, 7) is 2.25. The third kappa shape index (κ3) is 6.34. The van der Waals surface area contributed by atoms with Crippen LogP contribution in [0.25, 0.3) is 0 Å². The molecule has 3 amide bonds. The molecule has 0 saturated carbocycles. The van der Waals surface area contributed by atoms with Crippen molar-refractivity contribution in [2.75, 3.05) is 44.6 Å². The van der Waals surface area contributed by atoms with Gasteiger partial charge in [0.15, 0.2) is 0 Å². The molecule has 0 aliphatic carbocycles. The van der Waals surface area contributed by atoms with E-state index in [2.05, 4.69) is 26.6 Å². The molecule has 2 aromatic rings. The number of anilines is 1. The van der Waals surface area contributed by atoms with Gasteiger partial charge in [-0.2, -0.15) is 0 Å². The van der Waals surface area contributed by atoms with Crippen molar-refractivity contribution in [2.45, 2.75) is 0 Å². The van der Waals surface area contributed by atoms with Gasteiger partial charge < -0.3 is 15.5 Å². The summed E-state index contributed by atoms with van der Waals surface area (Å²) >= 11 is 4.61. The van der Waals surface area contributed by atoms with Crippen LogP contribution in [0.3, 0.4) is 0 Å². The van der Waals surface area contributed by atoms with Crippen molar-refractivity contribution >= 4 is 50.7 Å². The third-order valence-electron chi connectivity index (χ3n) is 4.42. The Balaban J connectivity index is 1.38. The van der Waals surface area contributed by atoms with Crippen LogP contribution < -0.4 is 10.6 Å². The van der Waals surface area contributed by atoms with Crippen LogP contribution in [0, 0.1) is 5.82 Å². The van der Waals surface area contributed by atoms with E-state index in [1.807, 2.05) is 4.90 Å². The maximum atomic E-state index is 12.9. The quantitative estimate of drug-likeness (QED) is 0.660. The van der Waals surface area contributed by atoms with Crippen LogP contribution in [0.15, 0.2) is 40.2 Å². The average Bonchev–Trinajstić information content (AvgIpc) is 3.14. The lowest BCUT2D eigenvalue weighted by Crippen LogP contribution is -2.52. The zero-order valence-corrected chi connectivity index (χ0v) is 17.9. The van der Waals surface area contributed by atoms with E-state index < -0.39 is 0 Å². The number of benzene rings is 1. The van der Waals surface area contributed by atoms with Crippen molar-refractivity contribution in [2.24, 2.45) is 0 Å². The van der Waals surface area contributed by atoms with Crippen LogP contribution in [0.1, 0.15) is 9.67 Å². The summed E-state index contributed by atoms with van der Waals surface area (Å²) in [7, 11) is 0. The fraction of sp³-hybridized carbons (Fsp3) is 0.316. The minimum absolute atomic E-state index is 0.0561. The predicted octanol–water partition coefficient (Wildman–Crippen LogP) is 2.16. The molecular weight excluding hydrogens is 463 g/mol. The van der Waals surface area contributed by atoms with Gasteiger partial charge in [0.05, 0.1) is 21.8 Å². The first-order valence-electron chi connectivity index (χ1n) is 9.00. The molecule has 29 heavy (non-hydrogen) atoms. The van der Waals surface area contributed by atoms with Crippen LogP contribution in [0.5, 0.6) is 0 Å². The minimum Gasteiger partial charge on any atom is -0.342 e. The summed E-state index contributed by atoms with van der Waals surface area (Å²) in [5.74, 6) is -0.969. The van der Waals surface area contributed by atoms with Crippen LogP contribution in [0.2, 0.25) is 0 Å². The summed E-state index contributed by atoms with van der Waals surface area (Å²) < 4.78 is 13.8. The molecule has 1 aliphatic rings. The Hall–Kier alpha value is -2.30. The van der Waals surface area contributed by atoms with Gasteiger partial charge in [-0.3, -0.25) is 19.3 Å². The number of carbonyl (C=O) groups excluding carboxylic acids is 3. The van der Waals surface area contributed by atoms with Crippen molar-refractivity contribution in [1.82, 2.24) is 15.1 Å². The Morgan fingerprint density at radius 3 is 2.34 bits per heavy atom. The summed E-state index contributed by atoms with van der Waals surface area (Å²) in [5.41, 5.74) is 0.540. The molecule has 0 atom stereocenters. The van der Waals surface area contributed by atoms with E-state index in [1.54, 1.807) is 17.0 Å². The van der Waals surface area contributed by atoms with Gasteiger partial charge in [0, 0.05) is 31.9 Å². The summed E-state index contributed by atoms with van der Waals surface area (Å²) in [5, 5.41) is 5.36. The fourth-order valence-electron chi connectivity index (χ4n) is 2.88. The van der Waals surface area contributed by atoms with E-state index in [1.165, 1.54) is 35.6 Å². The molecule has 1 aliphatic heterocycles. The second-order valence-corrected chi connectivity index (χ2v) is 8.96. The maximum absolute atomic E-state index is 12.9. The van der Waals surface area contributed by atoms with E-state index >= 15 is 0 Å². The van der Waals surface area contributed by atoms with Crippen LogP contribution in [0.4, 0.5) is 10.1 Å². The molecule has 7 nitrogen and oxygen atoms in total. The molecule has 10 heteroatoms. The van der Waals surface area contributed by atoms with Gasteiger partial charge in [-0.1, -0.05) is 0 Å². The van der Waals surface area contributed by atoms with Crippen LogP contribution in [-0.2, 0) is 9.59 Å². The van der Waals surface area contributed by atoms with Crippen molar-refractivity contribution in [3.8, 4) is 0 Å². The molecule has 3 rings (SSSR count). The Morgan fingerprint density at radius 2 is 1.72 bits per heavy atom. The molecule has 1 saturated heterocycles. The SMILES string of the molecule is O=C(CN1CCN(C(=O)CNC(=O)c2ccc(Br)s2)CC1)Nc1ccc(F)cc1. The lowest BCUT2D eigenvalue weighted by atomic mass is 10.3. The molecular formula is C19H20BrFN4O3S. The second-order valence-electron chi connectivity index (χ2n) is 6.50. The standard InChI is InChI=1S/C19H20BrFN4O3S/c20-16-6-5-15(29-16)19(28)22-11-18(27)25-9-7-24(8-10-25)12-17(26)23-14-3-1-13(21)2-4-14/h1-6H,7-12H2,(H,22,28)(H,23,26). The van der Waals surface area contributed by atoms with Crippen molar-refractivity contribution in [3.05, 3.63) is 50.9 Å². The fourth-order valence-corrected chi connectivity index (χ4v) is 4.19. The second kappa shape index (κ2) is 9.95. The molecule has 1 fully saturated rings. The highest BCUT2D eigenvalue weighted by atomic mass is 79.9. The largest absolute Gasteiger partial charge is 0.342 e. The van der Waals surface area contributed by atoms with Crippen molar-refractivity contribution in [3.63, 3.8) is 0 Å². The highest BCUT2D eigenvalue weighted by Crippen LogP contribution is 2.21. The van der Waals surface area contributed by atoms with Gasteiger partial charge in [0.1, 0.15) is 5.82 Å². The number of hydrogen-bond donors (Lipinski definition) is 2. The lowest BCUT2D eigenvalue weighted by Gasteiger charge is -2.34. The van der Waals surface area contributed by atoms with Crippen LogP contribution >= 0.6 is 27.3 Å². The van der Waals surface area contributed by atoms with Gasteiger partial charge >= 0.3 is 0 Å². The normalized spacial score (nSPS) is 14.5. The molecule has 0 bridgehead atoms. The molecule has 1 aromatic carbocycles. The number of rotatable bonds is 6. The number of piperazine rings is 1. The van der Waals surface area contributed by atoms with Crippen LogP contribution in [-0.4, -0.2) is 66.8 Å². The van der Waals surface area contributed by atoms with Gasteiger partial charge in [-0.05, 0) is 52.3 Å². The Bertz CT molecular complexity index is 882. The molecule has 0 unspecified atom stereocenters. The third-order valence-corrected chi connectivity index (χ3v) is 6.04. The predicted molar refractivity (Wildman–Crippen MR) is 112 cm³/mol. The number of amides is 3. The number of hydrogen-bond acceptors (Lipinski definition) is 5. The highest BCUT2D eigenvalue weighted by molar-refractivity contribution is 9.11. The summed E-state index contributed by atoms with van der Waals surface area (Å²) in [6, 6.07) is 9.07. The Labute approximate surface area is 180 Å². The zero-order chi connectivity index (χ0) is 20.8. The molecule has 2 N–H and O–H groups in total. The van der Waals surface area contributed by atoms with E-state index in [0.717, 1.165) is 3.79 Å². The molecule has 0 spiro atoms. The smallest absolute Gasteiger partial charge is 0.261 e. The Morgan fingerprint density at radius 1 is 1.03 bits per heavy atom. The van der Waals surface area contributed by atoms with Crippen molar-refractivity contribution in [1.29, 1.82) is 0 Å². The van der Waals surface area contributed by atoms with Gasteiger partial charge in [-0.25, -0.2) is 4.39 Å². The van der Waals surface area contributed by atoms with E-state index in [-0.39, 0.29) is 36.6 Å². The number of halogens is 2. The monoisotopic (exact) mass is 482 g/mol. The van der Waals surface area contributed by atoms with Gasteiger partial charge in [0.2, 0.25) is 11.8 Å². The maximum Gasteiger partial charge on any atom is 0.261 e. The summed E-state index contributed by atoms with van der Waals surface area (Å²) in [4.78, 5) is 40.6. The van der Waals surface area contributed by atoms with E-state index in [0.29, 0.717) is 36.7 Å². The molecule has 2 heterocycles. The summed E-state index contributed by atoms with van der Waals surface area (Å²) in [6.07, 6.45) is 0. The lowest BCUT2D eigenvalue weighted by molar-refractivity contribution is -0.132. The number of carbonyl (C=O) groups is 3. The first kappa shape index (κ1) is 21.4. The number of nitrogens with one attached hydrogen (secondary N) is 2. The minimum atomic E-state index is -0.358. The first-order chi connectivity index (χ1) is 13.9. The Kier molecular flexibility index (Phi) is 7.34. The molecule has 154 valence electrons. The van der Waals surface area contributed by atoms with Gasteiger partial charge in [0.25, 0.3) is 5.91 Å². The number of thiophene rings is 1. The highest BCUT2D eigenvalue weighted by Gasteiger charge is 2.23.